The van der Waals surface area contributed by atoms with E-state index in [1.54, 1.807) is 35.2 Å². The molecular formula is C29H34ClF3N6O3S. The van der Waals surface area contributed by atoms with Crippen LogP contribution in [0, 0.1) is 0 Å². The Labute approximate surface area is 253 Å². The van der Waals surface area contributed by atoms with Gasteiger partial charge in [0.15, 0.2) is 15.5 Å². The van der Waals surface area contributed by atoms with Gasteiger partial charge < -0.3 is 15.1 Å². The van der Waals surface area contributed by atoms with Crippen molar-refractivity contribution in [2.75, 3.05) is 24.7 Å². The maximum absolute atomic E-state index is 14.0. The van der Waals surface area contributed by atoms with E-state index >= 15 is 0 Å². The molecule has 1 saturated carbocycles. The number of halogens is 4. The summed E-state index contributed by atoms with van der Waals surface area (Å²) in [5, 5.41) is 3.21. The number of benzene rings is 1. The van der Waals surface area contributed by atoms with Crippen molar-refractivity contribution in [1.82, 2.24) is 24.8 Å². The Kier molecular flexibility index (Phi) is 8.62. The van der Waals surface area contributed by atoms with E-state index in [0.29, 0.717) is 31.7 Å². The molecule has 1 aliphatic heterocycles. The van der Waals surface area contributed by atoms with Gasteiger partial charge in [-0.3, -0.25) is 4.79 Å². The van der Waals surface area contributed by atoms with Crippen LogP contribution in [0.25, 0.3) is 11.0 Å². The number of rotatable bonds is 8. The van der Waals surface area contributed by atoms with Crippen LogP contribution in [0.2, 0.25) is 5.02 Å². The molecule has 9 nitrogen and oxygen atoms in total. The quantitative estimate of drug-likeness (QED) is 0.359. The van der Waals surface area contributed by atoms with Gasteiger partial charge in [0, 0.05) is 24.8 Å². The van der Waals surface area contributed by atoms with Crippen LogP contribution in [-0.2, 0) is 20.8 Å². The van der Waals surface area contributed by atoms with E-state index in [-0.39, 0.29) is 57.4 Å². The van der Waals surface area contributed by atoms with Gasteiger partial charge in [0.05, 0.1) is 26.6 Å². The molecule has 3 aromatic rings. The molecule has 1 atom stereocenters. The van der Waals surface area contributed by atoms with E-state index in [4.69, 9.17) is 11.6 Å². The number of alkyl halides is 3. The molecule has 1 aromatic carbocycles. The summed E-state index contributed by atoms with van der Waals surface area (Å²) in [5.41, 5.74) is -1.18. The van der Waals surface area contributed by atoms with E-state index in [2.05, 4.69) is 39.0 Å². The number of nitrogens with zero attached hydrogens (tertiary/aromatic N) is 5. The zero-order valence-electron chi connectivity index (χ0n) is 24.1. The molecule has 43 heavy (non-hydrogen) atoms. The number of anilines is 1. The van der Waals surface area contributed by atoms with Gasteiger partial charge in [0.2, 0.25) is 11.7 Å². The first kappa shape index (κ1) is 31.4. The number of sulfone groups is 1. The zero-order valence-corrected chi connectivity index (χ0v) is 25.7. The second-order valence-corrected chi connectivity index (χ2v) is 14.1. The van der Waals surface area contributed by atoms with Crippen LogP contribution in [0.4, 0.5) is 19.0 Å². The SMILES string of the molecule is CC(C)N(C)C1CCC(CS(=O)(=O)c2ccccc2)(N2CC[C@H](Nc3nc(C(F)(F)F)nc4ncc(Cl)cc34)C2=O)CC1. The van der Waals surface area contributed by atoms with Gasteiger partial charge in [-0.05, 0) is 71.2 Å². The maximum Gasteiger partial charge on any atom is 0.451 e. The summed E-state index contributed by atoms with van der Waals surface area (Å²) in [4.78, 5) is 29.2. The Hall–Kier alpha value is -3.03. The number of hydrogen-bond donors (Lipinski definition) is 1. The number of carbonyl (C=O) groups is 1. The van der Waals surface area contributed by atoms with Crippen LogP contribution in [0.3, 0.4) is 0 Å². The zero-order chi connectivity index (χ0) is 31.2. The average molecular weight is 639 g/mol. The van der Waals surface area contributed by atoms with E-state index in [9.17, 15) is 26.4 Å². The predicted molar refractivity (Wildman–Crippen MR) is 157 cm³/mol. The molecule has 1 aliphatic carbocycles. The topological polar surface area (TPSA) is 108 Å². The van der Waals surface area contributed by atoms with Crippen LogP contribution >= 0.6 is 11.6 Å². The predicted octanol–water partition coefficient (Wildman–Crippen LogP) is 5.21. The molecule has 3 heterocycles. The van der Waals surface area contributed by atoms with Crippen molar-refractivity contribution < 1.29 is 26.4 Å². The number of amides is 1. The minimum absolute atomic E-state index is 0.144. The van der Waals surface area contributed by atoms with Gasteiger partial charge >= 0.3 is 6.18 Å². The van der Waals surface area contributed by atoms with Crippen LogP contribution in [0.15, 0.2) is 47.5 Å². The average Bonchev–Trinajstić information content (AvgIpc) is 3.33. The smallest absolute Gasteiger partial charge is 0.358 e. The third kappa shape index (κ3) is 6.44. The van der Waals surface area contributed by atoms with Gasteiger partial charge in [-0.2, -0.15) is 13.2 Å². The van der Waals surface area contributed by atoms with Crippen molar-refractivity contribution in [3.63, 3.8) is 0 Å². The van der Waals surface area contributed by atoms with Crippen LogP contribution < -0.4 is 5.32 Å². The number of pyridine rings is 1. The van der Waals surface area contributed by atoms with E-state index in [1.165, 1.54) is 12.3 Å². The fourth-order valence-electron chi connectivity index (χ4n) is 6.20. The van der Waals surface area contributed by atoms with Gasteiger partial charge in [-0.1, -0.05) is 29.8 Å². The molecule has 0 unspecified atom stereocenters. The second kappa shape index (κ2) is 11.8. The third-order valence-electron chi connectivity index (χ3n) is 8.70. The number of aromatic nitrogens is 3. The molecule has 1 N–H and O–H groups in total. The lowest BCUT2D eigenvalue weighted by atomic mass is 9.78. The number of carbonyl (C=O) groups excluding carboxylic acids is 1. The van der Waals surface area contributed by atoms with Gasteiger partial charge in [0.1, 0.15) is 11.9 Å². The molecule has 1 amide bonds. The molecule has 0 radical (unpaired) electrons. The molecule has 232 valence electrons. The Morgan fingerprint density at radius 3 is 2.44 bits per heavy atom. The maximum atomic E-state index is 14.0. The molecule has 1 saturated heterocycles. The van der Waals surface area contributed by atoms with Crippen LogP contribution in [0.5, 0.6) is 0 Å². The minimum Gasteiger partial charge on any atom is -0.358 e. The van der Waals surface area contributed by atoms with Gasteiger partial charge in [0.25, 0.3) is 0 Å². The van der Waals surface area contributed by atoms with Crippen molar-refractivity contribution in [2.24, 2.45) is 0 Å². The van der Waals surface area contributed by atoms with E-state index < -0.39 is 33.4 Å². The molecule has 2 aliphatic rings. The fourth-order valence-corrected chi connectivity index (χ4v) is 8.25. The van der Waals surface area contributed by atoms with Crippen molar-refractivity contribution in [3.05, 3.63) is 53.4 Å². The Bertz CT molecular complexity index is 1600. The first-order chi connectivity index (χ1) is 20.2. The molecule has 0 bridgehead atoms. The monoisotopic (exact) mass is 638 g/mol. The molecular weight excluding hydrogens is 605 g/mol. The summed E-state index contributed by atoms with van der Waals surface area (Å²) in [5.74, 6) is -2.22. The normalized spacial score (nSPS) is 23.5. The van der Waals surface area contributed by atoms with Crippen molar-refractivity contribution in [1.29, 1.82) is 0 Å². The Balaban J connectivity index is 1.46. The standard InChI is InChI=1S/C29H34ClF3N6O3S/c1-18(2)38(3)20-9-12-28(13-10-20,17-43(41,42)21-7-5-4-6-8-21)39-14-11-23(26(39)40)35-25-22-15-19(30)16-34-24(22)36-27(37-25)29(31,32)33/h4-8,15-16,18,20,23H,9-14,17H2,1-3H3,(H,34,35,36,37)/t20?,23-,28?/m0/s1. The van der Waals surface area contributed by atoms with E-state index in [0.717, 1.165) is 0 Å². The first-order valence-corrected chi connectivity index (χ1v) is 16.2. The largest absolute Gasteiger partial charge is 0.451 e. The Morgan fingerprint density at radius 1 is 1.14 bits per heavy atom. The summed E-state index contributed by atoms with van der Waals surface area (Å²) < 4.78 is 68.2. The fraction of sp³-hybridized carbons (Fsp3) is 0.517. The van der Waals surface area contributed by atoms with Gasteiger partial charge in [-0.15, -0.1) is 0 Å². The molecule has 0 spiro atoms. The van der Waals surface area contributed by atoms with E-state index in [1.807, 2.05) is 7.05 Å². The third-order valence-corrected chi connectivity index (χ3v) is 10.8. The number of likely N-dealkylation sites (tertiary alicyclic amines) is 1. The molecule has 2 aromatic heterocycles. The van der Waals surface area contributed by atoms with Crippen LogP contribution in [0.1, 0.15) is 51.8 Å². The van der Waals surface area contributed by atoms with Crippen molar-refractivity contribution in [2.45, 2.75) is 80.7 Å². The van der Waals surface area contributed by atoms with Crippen molar-refractivity contribution >= 4 is 44.2 Å². The Morgan fingerprint density at radius 2 is 1.81 bits per heavy atom. The highest BCUT2D eigenvalue weighted by molar-refractivity contribution is 7.91. The minimum atomic E-state index is -4.84. The second-order valence-electron chi connectivity index (χ2n) is 11.7. The number of fused-ring (bicyclic) bond motifs is 1. The highest BCUT2D eigenvalue weighted by Crippen LogP contribution is 2.41. The lowest BCUT2D eigenvalue weighted by Crippen LogP contribution is -2.58. The number of nitrogens with one attached hydrogen (secondary N) is 1. The molecule has 14 heteroatoms. The van der Waals surface area contributed by atoms with Crippen molar-refractivity contribution in [3.8, 4) is 0 Å². The first-order valence-electron chi connectivity index (χ1n) is 14.2. The summed E-state index contributed by atoms with van der Waals surface area (Å²) in [6.45, 7) is 4.46. The lowest BCUT2D eigenvalue weighted by molar-refractivity contribution is -0.144. The molecule has 2 fully saturated rings. The summed E-state index contributed by atoms with van der Waals surface area (Å²) in [6, 6.07) is 9.18. The highest BCUT2D eigenvalue weighted by atomic mass is 35.5. The lowest BCUT2D eigenvalue weighted by Gasteiger charge is -2.48. The summed E-state index contributed by atoms with van der Waals surface area (Å²) in [6.07, 6.45) is -1.03. The highest BCUT2D eigenvalue weighted by Gasteiger charge is 2.50. The van der Waals surface area contributed by atoms with Crippen LogP contribution in [-0.4, -0.2) is 82.1 Å². The number of hydrogen-bond acceptors (Lipinski definition) is 8. The summed E-state index contributed by atoms with van der Waals surface area (Å²) >= 11 is 6.07. The molecule has 5 rings (SSSR count). The summed E-state index contributed by atoms with van der Waals surface area (Å²) in [7, 11) is -1.71. The van der Waals surface area contributed by atoms with Gasteiger partial charge in [-0.25, -0.2) is 23.4 Å².